The lowest BCUT2D eigenvalue weighted by Crippen LogP contribution is -3.20. The van der Waals surface area contributed by atoms with Crippen LogP contribution in [0.2, 0.25) is 0 Å². The highest BCUT2D eigenvalue weighted by Gasteiger charge is 2.46. The van der Waals surface area contributed by atoms with Gasteiger partial charge in [-0.25, -0.2) is 0 Å². The van der Waals surface area contributed by atoms with Crippen LogP contribution in [-0.4, -0.2) is 23.7 Å². The van der Waals surface area contributed by atoms with E-state index in [1.54, 1.807) is 4.90 Å². The van der Waals surface area contributed by atoms with Crippen LogP contribution in [0.25, 0.3) is 0 Å². The number of likely N-dealkylation sites (tertiary alicyclic amines) is 1. The van der Waals surface area contributed by atoms with Gasteiger partial charge in [0.25, 0.3) is 0 Å². The first-order chi connectivity index (χ1) is 8.45. The number of aliphatic hydroxyl groups is 1. The third-order valence-corrected chi connectivity index (χ3v) is 4.62. The molecule has 2 nitrogen and oxygen atoms in total. The lowest BCUT2D eigenvalue weighted by atomic mass is 9.74. The second-order valence-electron chi connectivity index (χ2n) is 6.23. The van der Waals surface area contributed by atoms with Crippen molar-refractivity contribution in [2.45, 2.75) is 51.8 Å². The summed E-state index contributed by atoms with van der Waals surface area (Å²) in [6.45, 7) is 10.0. The predicted octanol–water partition coefficient (Wildman–Crippen LogP) is 1.60. The van der Waals surface area contributed by atoms with Gasteiger partial charge in [0.1, 0.15) is 5.60 Å². The molecule has 0 aliphatic carbocycles. The van der Waals surface area contributed by atoms with E-state index in [4.69, 9.17) is 0 Å². The van der Waals surface area contributed by atoms with Crippen LogP contribution in [0.5, 0.6) is 0 Å². The van der Waals surface area contributed by atoms with Crippen LogP contribution < -0.4 is 4.90 Å². The summed E-state index contributed by atoms with van der Waals surface area (Å²) in [5.41, 5.74) is 0.422. The van der Waals surface area contributed by atoms with Crippen LogP contribution in [0.15, 0.2) is 30.3 Å². The molecule has 1 aromatic carbocycles. The van der Waals surface area contributed by atoms with Crippen molar-refractivity contribution in [3.63, 3.8) is 0 Å². The minimum atomic E-state index is -0.654. The van der Waals surface area contributed by atoms with Crippen molar-refractivity contribution in [3.05, 3.63) is 35.9 Å². The summed E-state index contributed by atoms with van der Waals surface area (Å²) < 4.78 is 0. The molecule has 18 heavy (non-hydrogen) atoms. The standard InChI is InChI=1S/C16H25NO/c1-12(2)17-11-13(3)16(18,10-14(17)4)15-8-6-5-7-9-15/h5-9,12-14,18H,10-11H2,1-4H3/p+1/t13-,14-,16+/m0/s1. The zero-order chi connectivity index (χ0) is 13.3. The maximum absolute atomic E-state index is 11.1. The highest BCUT2D eigenvalue weighted by atomic mass is 16.3. The minimum absolute atomic E-state index is 0.300. The van der Waals surface area contributed by atoms with E-state index in [1.165, 1.54) is 0 Å². The molecule has 1 fully saturated rings. The molecular weight excluding hydrogens is 222 g/mol. The smallest absolute Gasteiger partial charge is 0.103 e. The van der Waals surface area contributed by atoms with E-state index >= 15 is 0 Å². The van der Waals surface area contributed by atoms with E-state index in [9.17, 15) is 5.11 Å². The fraction of sp³-hybridized carbons (Fsp3) is 0.625. The second-order valence-corrected chi connectivity index (χ2v) is 6.23. The van der Waals surface area contributed by atoms with Gasteiger partial charge in [-0.15, -0.1) is 0 Å². The largest absolute Gasteiger partial charge is 0.384 e. The van der Waals surface area contributed by atoms with E-state index in [-0.39, 0.29) is 0 Å². The first-order valence-electron chi connectivity index (χ1n) is 7.08. The molecule has 1 unspecified atom stereocenters. The Hall–Kier alpha value is -0.860. The summed E-state index contributed by atoms with van der Waals surface area (Å²) in [5.74, 6) is 0.300. The quantitative estimate of drug-likeness (QED) is 0.816. The molecule has 1 aliphatic heterocycles. The average Bonchev–Trinajstić information content (AvgIpc) is 2.34. The SMILES string of the molecule is CC(C)[NH+]1C[C@H](C)[C@@](O)(c2ccccc2)C[C@@H]1C. The number of hydrogen-bond donors (Lipinski definition) is 2. The molecule has 0 saturated carbocycles. The Bertz CT molecular complexity index is 389. The Balaban J connectivity index is 2.26. The van der Waals surface area contributed by atoms with Crippen molar-refractivity contribution < 1.29 is 10.0 Å². The van der Waals surface area contributed by atoms with E-state index in [2.05, 4.69) is 39.8 Å². The monoisotopic (exact) mass is 248 g/mol. The molecule has 2 rings (SSSR count). The molecule has 2 heteroatoms. The van der Waals surface area contributed by atoms with Crippen LogP contribution in [0.4, 0.5) is 0 Å². The Labute approximate surface area is 111 Å². The first kappa shape index (κ1) is 13.6. The Morgan fingerprint density at radius 1 is 1.22 bits per heavy atom. The summed E-state index contributed by atoms with van der Waals surface area (Å²) in [6.07, 6.45) is 0.853. The maximum Gasteiger partial charge on any atom is 0.103 e. The second kappa shape index (κ2) is 5.02. The molecule has 2 N–H and O–H groups in total. The number of nitrogens with one attached hydrogen (secondary N) is 1. The van der Waals surface area contributed by atoms with Gasteiger partial charge < -0.3 is 10.0 Å². The fourth-order valence-electron chi connectivity index (χ4n) is 3.46. The zero-order valence-corrected chi connectivity index (χ0v) is 12.0. The summed E-state index contributed by atoms with van der Waals surface area (Å²) in [4.78, 5) is 1.61. The Kier molecular flexibility index (Phi) is 3.79. The number of rotatable bonds is 2. The van der Waals surface area contributed by atoms with E-state index in [0.717, 1.165) is 18.5 Å². The van der Waals surface area contributed by atoms with Gasteiger partial charge in [-0.2, -0.15) is 0 Å². The molecule has 0 aromatic heterocycles. The lowest BCUT2D eigenvalue weighted by molar-refractivity contribution is -0.955. The van der Waals surface area contributed by atoms with Crippen LogP contribution in [0.1, 0.15) is 39.7 Å². The van der Waals surface area contributed by atoms with Gasteiger partial charge in [-0.1, -0.05) is 37.3 Å². The number of benzene rings is 1. The van der Waals surface area contributed by atoms with Crippen molar-refractivity contribution in [1.82, 2.24) is 0 Å². The van der Waals surface area contributed by atoms with Crippen molar-refractivity contribution in [3.8, 4) is 0 Å². The normalized spacial score (nSPS) is 36.9. The predicted molar refractivity (Wildman–Crippen MR) is 74.5 cm³/mol. The van der Waals surface area contributed by atoms with Crippen molar-refractivity contribution in [2.75, 3.05) is 6.54 Å². The molecule has 1 heterocycles. The third kappa shape index (κ3) is 2.32. The number of hydrogen-bond acceptors (Lipinski definition) is 1. The van der Waals surface area contributed by atoms with Crippen LogP contribution in [0, 0.1) is 5.92 Å². The first-order valence-corrected chi connectivity index (χ1v) is 7.08. The molecule has 1 aromatic rings. The summed E-state index contributed by atoms with van der Waals surface area (Å²) in [6, 6.07) is 11.3. The van der Waals surface area contributed by atoms with E-state index in [1.807, 2.05) is 18.2 Å². The highest BCUT2D eigenvalue weighted by molar-refractivity contribution is 5.23. The van der Waals surface area contributed by atoms with Crippen molar-refractivity contribution in [2.24, 2.45) is 5.92 Å². The zero-order valence-electron chi connectivity index (χ0n) is 12.0. The van der Waals surface area contributed by atoms with Crippen molar-refractivity contribution in [1.29, 1.82) is 0 Å². The van der Waals surface area contributed by atoms with E-state index < -0.39 is 5.60 Å². The molecule has 4 atom stereocenters. The van der Waals surface area contributed by atoms with Crippen LogP contribution in [-0.2, 0) is 5.60 Å². The molecule has 0 radical (unpaired) electrons. The fourth-order valence-corrected chi connectivity index (χ4v) is 3.46. The molecule has 1 saturated heterocycles. The Morgan fingerprint density at radius 3 is 2.39 bits per heavy atom. The molecule has 0 spiro atoms. The van der Waals surface area contributed by atoms with Crippen molar-refractivity contribution >= 4 is 0 Å². The van der Waals surface area contributed by atoms with Crippen LogP contribution >= 0.6 is 0 Å². The molecule has 1 aliphatic rings. The molecular formula is C16H26NO+. The van der Waals surface area contributed by atoms with Gasteiger partial charge in [-0.05, 0) is 26.3 Å². The molecule has 0 amide bonds. The van der Waals surface area contributed by atoms with Gasteiger partial charge in [0.2, 0.25) is 0 Å². The maximum atomic E-state index is 11.1. The summed E-state index contributed by atoms with van der Waals surface area (Å²) in [7, 11) is 0. The van der Waals surface area contributed by atoms with Gasteiger partial charge >= 0.3 is 0 Å². The summed E-state index contributed by atoms with van der Waals surface area (Å²) >= 11 is 0. The average molecular weight is 248 g/mol. The van der Waals surface area contributed by atoms with Crippen LogP contribution in [0.3, 0.4) is 0 Å². The lowest BCUT2D eigenvalue weighted by Gasteiger charge is -2.46. The van der Waals surface area contributed by atoms with Gasteiger partial charge in [0.15, 0.2) is 0 Å². The van der Waals surface area contributed by atoms with Gasteiger partial charge in [0.05, 0.1) is 18.6 Å². The van der Waals surface area contributed by atoms with E-state index in [0.29, 0.717) is 18.0 Å². The topological polar surface area (TPSA) is 24.7 Å². The third-order valence-electron chi connectivity index (χ3n) is 4.62. The Morgan fingerprint density at radius 2 is 1.83 bits per heavy atom. The summed E-state index contributed by atoms with van der Waals surface area (Å²) in [5, 5.41) is 11.1. The van der Waals surface area contributed by atoms with Gasteiger partial charge in [-0.3, -0.25) is 0 Å². The minimum Gasteiger partial charge on any atom is -0.384 e. The molecule has 0 bridgehead atoms. The van der Waals surface area contributed by atoms with Gasteiger partial charge in [0, 0.05) is 12.3 Å². The number of piperidine rings is 1. The number of quaternary nitrogens is 1. The molecule has 100 valence electrons. The highest BCUT2D eigenvalue weighted by Crippen LogP contribution is 2.35.